The molecule has 110 valence electrons. The summed E-state index contributed by atoms with van der Waals surface area (Å²) >= 11 is 0. The number of carbonyl (C=O) groups excluding carboxylic acids is 2. The molecule has 4 N–H and O–H groups in total. The molecule has 0 aromatic rings. The van der Waals surface area contributed by atoms with Crippen molar-refractivity contribution >= 4 is 11.8 Å². The summed E-state index contributed by atoms with van der Waals surface area (Å²) in [6, 6.07) is 0.363. The van der Waals surface area contributed by atoms with Gasteiger partial charge in [0.25, 0.3) is 0 Å². The van der Waals surface area contributed by atoms with Crippen molar-refractivity contribution in [2.45, 2.75) is 57.9 Å². The van der Waals surface area contributed by atoms with Crippen LogP contribution in [-0.2, 0) is 9.59 Å². The van der Waals surface area contributed by atoms with Crippen LogP contribution in [0.3, 0.4) is 0 Å². The molecule has 0 saturated heterocycles. The predicted octanol–water partition coefficient (Wildman–Crippen LogP) is 0.927. The second-order valence-electron chi connectivity index (χ2n) is 5.37. The maximum Gasteiger partial charge on any atom is 0.221 e. The molecular weight excluding hydrogens is 242 g/mol. The largest absolute Gasteiger partial charge is 0.356 e. The summed E-state index contributed by atoms with van der Waals surface area (Å²) in [5.74, 6) is 0.692. The molecule has 1 aliphatic carbocycles. The van der Waals surface area contributed by atoms with E-state index in [1.807, 2.05) is 6.92 Å². The Morgan fingerprint density at radius 1 is 1.05 bits per heavy atom. The number of nitrogens with one attached hydrogen (secondary N) is 2. The van der Waals surface area contributed by atoms with Gasteiger partial charge in [-0.2, -0.15) is 0 Å². The van der Waals surface area contributed by atoms with Crippen LogP contribution in [0.4, 0.5) is 0 Å². The molecule has 0 aromatic heterocycles. The molecule has 0 aromatic carbocycles. The zero-order valence-electron chi connectivity index (χ0n) is 11.9. The van der Waals surface area contributed by atoms with Crippen LogP contribution in [0.1, 0.15) is 51.9 Å². The molecule has 5 heteroatoms. The Labute approximate surface area is 115 Å². The maximum absolute atomic E-state index is 11.6. The second-order valence-corrected chi connectivity index (χ2v) is 5.37. The van der Waals surface area contributed by atoms with Crippen molar-refractivity contribution < 1.29 is 9.59 Å². The van der Waals surface area contributed by atoms with Gasteiger partial charge in [0.15, 0.2) is 0 Å². The summed E-state index contributed by atoms with van der Waals surface area (Å²) in [7, 11) is 0. The minimum Gasteiger partial charge on any atom is -0.356 e. The molecule has 1 aliphatic rings. The van der Waals surface area contributed by atoms with Crippen LogP contribution in [-0.4, -0.2) is 30.9 Å². The van der Waals surface area contributed by atoms with Crippen molar-refractivity contribution in [3.8, 4) is 0 Å². The van der Waals surface area contributed by atoms with E-state index in [9.17, 15) is 9.59 Å². The molecule has 19 heavy (non-hydrogen) atoms. The lowest BCUT2D eigenvalue weighted by Crippen LogP contribution is -2.31. The van der Waals surface area contributed by atoms with Gasteiger partial charge in [-0.3, -0.25) is 9.59 Å². The fraction of sp³-hybridized carbons (Fsp3) is 0.857. The van der Waals surface area contributed by atoms with Gasteiger partial charge >= 0.3 is 0 Å². The highest BCUT2D eigenvalue weighted by molar-refractivity contribution is 5.78. The van der Waals surface area contributed by atoms with Crippen LogP contribution in [0.5, 0.6) is 0 Å². The summed E-state index contributed by atoms with van der Waals surface area (Å²) in [6.45, 7) is 2.95. The Bertz CT molecular complexity index is 286. The Kier molecular flexibility index (Phi) is 7.48. The molecule has 0 atom stereocenters. The van der Waals surface area contributed by atoms with Gasteiger partial charge in [0.05, 0.1) is 0 Å². The van der Waals surface area contributed by atoms with Crippen molar-refractivity contribution in [2.24, 2.45) is 11.7 Å². The van der Waals surface area contributed by atoms with Crippen molar-refractivity contribution in [2.75, 3.05) is 13.1 Å². The lowest BCUT2D eigenvalue weighted by atomic mass is 9.84. The summed E-state index contributed by atoms with van der Waals surface area (Å²) in [6.07, 6.45) is 6.33. The molecule has 1 rings (SSSR count). The van der Waals surface area contributed by atoms with Crippen molar-refractivity contribution in [1.82, 2.24) is 10.6 Å². The van der Waals surface area contributed by atoms with E-state index in [2.05, 4.69) is 10.6 Å². The molecule has 0 radical (unpaired) electrons. The Balaban J connectivity index is 2.03. The third kappa shape index (κ3) is 7.15. The van der Waals surface area contributed by atoms with Gasteiger partial charge in [-0.25, -0.2) is 0 Å². The molecule has 0 bridgehead atoms. The van der Waals surface area contributed by atoms with E-state index in [4.69, 9.17) is 5.73 Å². The number of rotatable bonds is 7. The van der Waals surface area contributed by atoms with Gasteiger partial charge in [0.2, 0.25) is 11.8 Å². The maximum atomic E-state index is 11.6. The molecule has 0 spiro atoms. The van der Waals surface area contributed by atoms with E-state index in [0.717, 1.165) is 32.1 Å². The summed E-state index contributed by atoms with van der Waals surface area (Å²) < 4.78 is 0. The smallest absolute Gasteiger partial charge is 0.221 e. The van der Waals surface area contributed by atoms with Crippen LogP contribution >= 0.6 is 0 Å². The Morgan fingerprint density at radius 3 is 2.32 bits per heavy atom. The van der Waals surface area contributed by atoms with Gasteiger partial charge in [0.1, 0.15) is 0 Å². The minimum atomic E-state index is -0.0101. The van der Waals surface area contributed by atoms with E-state index in [1.165, 1.54) is 0 Å². The highest BCUT2D eigenvalue weighted by Gasteiger charge is 2.19. The highest BCUT2D eigenvalue weighted by atomic mass is 16.2. The first-order valence-corrected chi connectivity index (χ1v) is 7.40. The van der Waals surface area contributed by atoms with E-state index in [-0.39, 0.29) is 11.8 Å². The first-order valence-electron chi connectivity index (χ1n) is 7.40. The summed E-state index contributed by atoms with van der Waals surface area (Å²) in [5.41, 5.74) is 5.85. The molecule has 1 saturated carbocycles. The topological polar surface area (TPSA) is 84.2 Å². The minimum absolute atomic E-state index is 0.0101. The molecule has 5 nitrogen and oxygen atoms in total. The van der Waals surface area contributed by atoms with E-state index < -0.39 is 0 Å². The van der Waals surface area contributed by atoms with Gasteiger partial charge < -0.3 is 16.4 Å². The van der Waals surface area contributed by atoms with Crippen LogP contribution in [0.25, 0.3) is 0 Å². The first kappa shape index (κ1) is 16.0. The van der Waals surface area contributed by atoms with E-state index >= 15 is 0 Å². The summed E-state index contributed by atoms with van der Waals surface area (Å²) in [5, 5.41) is 5.50. The van der Waals surface area contributed by atoms with Crippen molar-refractivity contribution in [1.29, 1.82) is 0 Å². The summed E-state index contributed by atoms with van der Waals surface area (Å²) in [4.78, 5) is 22.8. The average molecular weight is 269 g/mol. The Hall–Kier alpha value is -1.10. The van der Waals surface area contributed by atoms with Crippen LogP contribution < -0.4 is 16.4 Å². The van der Waals surface area contributed by atoms with Crippen LogP contribution in [0.15, 0.2) is 0 Å². The van der Waals surface area contributed by atoms with Gasteiger partial charge in [0, 0.05) is 32.0 Å². The number of nitrogens with two attached hydrogens (primary N) is 1. The molecular formula is C14H27N3O2. The van der Waals surface area contributed by atoms with Gasteiger partial charge in [-0.15, -0.1) is 0 Å². The van der Waals surface area contributed by atoms with E-state index in [1.54, 1.807) is 0 Å². The van der Waals surface area contributed by atoms with Crippen molar-refractivity contribution in [3.05, 3.63) is 0 Å². The van der Waals surface area contributed by atoms with E-state index in [0.29, 0.717) is 37.9 Å². The first-order chi connectivity index (χ1) is 9.11. The van der Waals surface area contributed by atoms with Gasteiger partial charge in [-0.05, 0) is 44.9 Å². The lowest BCUT2D eigenvalue weighted by Gasteiger charge is -2.25. The highest BCUT2D eigenvalue weighted by Crippen LogP contribution is 2.26. The average Bonchev–Trinajstić information content (AvgIpc) is 2.38. The number of carbonyl (C=O) groups is 2. The molecule has 0 aliphatic heterocycles. The van der Waals surface area contributed by atoms with Crippen LogP contribution in [0.2, 0.25) is 0 Å². The van der Waals surface area contributed by atoms with Crippen molar-refractivity contribution in [3.63, 3.8) is 0 Å². The normalized spacial score (nSPS) is 22.8. The molecule has 2 amide bonds. The predicted molar refractivity (Wildman–Crippen MR) is 75.5 cm³/mol. The zero-order chi connectivity index (χ0) is 14.1. The third-order valence-electron chi connectivity index (χ3n) is 3.72. The third-order valence-corrected chi connectivity index (χ3v) is 3.72. The number of amides is 2. The fourth-order valence-corrected chi connectivity index (χ4v) is 2.50. The molecule has 0 heterocycles. The number of hydrogen-bond donors (Lipinski definition) is 3. The zero-order valence-corrected chi connectivity index (χ0v) is 11.9. The lowest BCUT2D eigenvalue weighted by molar-refractivity contribution is -0.122. The second kappa shape index (κ2) is 8.91. The molecule has 0 unspecified atom stereocenters. The Morgan fingerprint density at radius 2 is 1.68 bits per heavy atom. The standard InChI is InChI=1S/C14H27N3O2/c1-2-16-14(19)9-10-17-13(18)8-5-11-3-6-12(15)7-4-11/h11-12H,2-10,15H2,1H3,(H,16,19)(H,17,18). The fourth-order valence-electron chi connectivity index (χ4n) is 2.50. The van der Waals surface area contributed by atoms with Crippen LogP contribution in [0, 0.1) is 5.92 Å². The number of hydrogen-bond acceptors (Lipinski definition) is 3. The van der Waals surface area contributed by atoms with Gasteiger partial charge in [-0.1, -0.05) is 0 Å². The molecule has 1 fully saturated rings. The SMILES string of the molecule is CCNC(=O)CCNC(=O)CCC1CCC(N)CC1. The monoisotopic (exact) mass is 269 g/mol. The quantitative estimate of drug-likeness (QED) is 0.643.